The average Bonchev–Trinajstić information content (AvgIpc) is 2.13. The van der Waals surface area contributed by atoms with Gasteiger partial charge in [0.05, 0.1) is 0 Å². The lowest BCUT2D eigenvalue weighted by molar-refractivity contribution is -0.127. The molecular weight excluding hydrogens is 296 g/mol. The highest BCUT2D eigenvalue weighted by molar-refractivity contribution is 7.72. The first-order valence-electron chi connectivity index (χ1n) is 5.62. The molecule has 6 N–H and O–H groups in total. The fourth-order valence-electron chi connectivity index (χ4n) is 1.62. The molecular formula is C9H21NO7P2. The molecule has 114 valence electrons. The fourth-order valence-corrected chi connectivity index (χ4v) is 3.67. The predicted molar refractivity (Wildman–Crippen MR) is 69.3 cm³/mol. The maximum absolute atomic E-state index is 12.0. The normalized spacial score (nSPS) is 14.5. The first-order chi connectivity index (χ1) is 8.19. The first kappa shape index (κ1) is 18.9. The second-order valence-corrected chi connectivity index (χ2v) is 9.33. The van der Waals surface area contributed by atoms with Crippen LogP contribution in [-0.2, 0) is 13.9 Å². The minimum absolute atomic E-state index is 0.421. The van der Waals surface area contributed by atoms with Crippen molar-refractivity contribution in [3.8, 4) is 0 Å². The van der Waals surface area contributed by atoms with Crippen LogP contribution in [-0.4, -0.2) is 30.4 Å². The Kier molecular flexibility index (Phi) is 5.72. The van der Waals surface area contributed by atoms with Crippen LogP contribution < -0.4 is 5.73 Å². The summed E-state index contributed by atoms with van der Waals surface area (Å²) in [6.45, 7) is 4.90. The van der Waals surface area contributed by atoms with E-state index in [0.29, 0.717) is 12.8 Å². The van der Waals surface area contributed by atoms with Crippen molar-refractivity contribution in [3.63, 3.8) is 0 Å². The van der Waals surface area contributed by atoms with Crippen LogP contribution in [0.5, 0.6) is 0 Å². The quantitative estimate of drug-likeness (QED) is 0.430. The third-order valence-corrected chi connectivity index (χ3v) is 6.96. The van der Waals surface area contributed by atoms with Gasteiger partial charge in [-0.05, 0) is 6.42 Å². The maximum Gasteiger partial charge on any atom is 0.358 e. The molecule has 0 bridgehead atoms. The van der Waals surface area contributed by atoms with Crippen LogP contribution in [0.3, 0.4) is 0 Å². The van der Waals surface area contributed by atoms with Crippen molar-refractivity contribution in [2.45, 2.75) is 45.1 Å². The maximum atomic E-state index is 12.0. The molecule has 0 fully saturated rings. The van der Waals surface area contributed by atoms with Crippen molar-refractivity contribution in [2.75, 3.05) is 0 Å². The van der Waals surface area contributed by atoms with E-state index in [-0.39, 0.29) is 0 Å². The molecule has 0 aromatic rings. The van der Waals surface area contributed by atoms with Crippen LogP contribution in [0.25, 0.3) is 0 Å². The Bertz CT molecular complexity index is 414. The molecule has 0 aliphatic heterocycles. The molecule has 0 amide bonds. The van der Waals surface area contributed by atoms with Crippen LogP contribution in [0.2, 0.25) is 0 Å². The van der Waals surface area contributed by atoms with Crippen LogP contribution in [0.4, 0.5) is 0 Å². The number of hydrogen-bond donors (Lipinski definition) is 5. The number of nitrogens with two attached hydrogens (primary N) is 1. The van der Waals surface area contributed by atoms with Gasteiger partial charge in [-0.1, -0.05) is 27.2 Å². The largest absolute Gasteiger partial charge is 0.358 e. The van der Waals surface area contributed by atoms with Crippen molar-refractivity contribution >= 4 is 21.0 Å². The van der Waals surface area contributed by atoms with Gasteiger partial charge in [0.2, 0.25) is 5.02 Å². The summed E-state index contributed by atoms with van der Waals surface area (Å²) in [5.74, 6) is -0.691. The van der Waals surface area contributed by atoms with Crippen molar-refractivity contribution in [1.29, 1.82) is 0 Å². The van der Waals surface area contributed by atoms with Crippen LogP contribution in [0, 0.1) is 5.41 Å². The van der Waals surface area contributed by atoms with Gasteiger partial charge in [-0.25, -0.2) is 0 Å². The smallest absolute Gasteiger partial charge is 0.323 e. The second-order valence-electron chi connectivity index (χ2n) is 5.20. The Balaban J connectivity index is 5.48. The SMILES string of the molecule is CCCC(C)(C)C(=O)CC(N)(P(=O)(O)O)P(=O)(O)O. The molecule has 0 heterocycles. The van der Waals surface area contributed by atoms with Gasteiger partial charge in [0, 0.05) is 11.8 Å². The molecule has 0 rings (SSSR count). The Morgan fingerprint density at radius 2 is 1.47 bits per heavy atom. The summed E-state index contributed by atoms with van der Waals surface area (Å²) in [6, 6.07) is 0. The molecule has 0 aliphatic carbocycles. The van der Waals surface area contributed by atoms with Crippen LogP contribution in [0.15, 0.2) is 0 Å². The highest BCUT2D eigenvalue weighted by Crippen LogP contribution is 2.67. The van der Waals surface area contributed by atoms with Crippen LogP contribution in [0.1, 0.15) is 40.0 Å². The lowest BCUT2D eigenvalue weighted by Crippen LogP contribution is -2.44. The fraction of sp³-hybridized carbons (Fsp3) is 0.889. The van der Waals surface area contributed by atoms with Crippen molar-refractivity contribution in [1.82, 2.24) is 0 Å². The summed E-state index contributed by atoms with van der Waals surface area (Å²) < 4.78 is 22.5. The molecule has 19 heavy (non-hydrogen) atoms. The van der Waals surface area contributed by atoms with E-state index in [4.69, 9.17) is 25.3 Å². The van der Waals surface area contributed by atoms with Crippen molar-refractivity contribution in [2.24, 2.45) is 11.1 Å². The van der Waals surface area contributed by atoms with E-state index in [1.807, 2.05) is 6.92 Å². The van der Waals surface area contributed by atoms with E-state index in [2.05, 4.69) is 0 Å². The molecule has 8 nitrogen and oxygen atoms in total. The van der Waals surface area contributed by atoms with E-state index in [1.54, 1.807) is 13.8 Å². The highest BCUT2D eigenvalue weighted by Gasteiger charge is 2.59. The van der Waals surface area contributed by atoms with Gasteiger partial charge >= 0.3 is 15.2 Å². The Morgan fingerprint density at radius 1 is 1.11 bits per heavy atom. The van der Waals surface area contributed by atoms with Gasteiger partial charge in [0.15, 0.2) is 0 Å². The van der Waals surface area contributed by atoms with Crippen molar-refractivity contribution in [3.05, 3.63) is 0 Å². The number of carbonyl (C=O) groups excluding carboxylic acids is 1. The molecule has 0 aliphatic rings. The minimum atomic E-state index is -5.36. The highest BCUT2D eigenvalue weighted by atomic mass is 31.2. The molecule has 0 unspecified atom stereocenters. The van der Waals surface area contributed by atoms with Gasteiger partial charge in [0.25, 0.3) is 0 Å². The first-order valence-corrected chi connectivity index (χ1v) is 8.85. The van der Waals surface area contributed by atoms with E-state index in [9.17, 15) is 13.9 Å². The van der Waals surface area contributed by atoms with Crippen LogP contribution >= 0.6 is 15.2 Å². The summed E-state index contributed by atoms with van der Waals surface area (Å²) in [5.41, 5.74) is 4.24. The van der Waals surface area contributed by atoms with Gasteiger partial charge in [0.1, 0.15) is 5.78 Å². The third kappa shape index (κ3) is 4.20. The Labute approximate surface area is 111 Å². The zero-order chi connectivity index (χ0) is 15.7. The van der Waals surface area contributed by atoms with Gasteiger partial charge < -0.3 is 25.3 Å². The number of carbonyl (C=O) groups is 1. The summed E-state index contributed by atoms with van der Waals surface area (Å²) >= 11 is 0. The number of Topliss-reactive ketones (excluding diaryl/α,β-unsaturated/α-hetero) is 1. The lowest BCUT2D eigenvalue weighted by Gasteiger charge is -2.33. The lowest BCUT2D eigenvalue weighted by atomic mass is 9.82. The summed E-state index contributed by atoms with van der Waals surface area (Å²) in [6.07, 6.45) is -0.0130. The Hall–Kier alpha value is -0.0700. The summed E-state index contributed by atoms with van der Waals surface area (Å²) in [5, 5.41) is -3.16. The van der Waals surface area contributed by atoms with Gasteiger partial charge in [-0.2, -0.15) is 0 Å². The summed E-state index contributed by atoms with van der Waals surface area (Å²) in [4.78, 5) is 48.2. The Morgan fingerprint density at radius 3 is 1.74 bits per heavy atom. The number of hydrogen-bond acceptors (Lipinski definition) is 4. The zero-order valence-corrected chi connectivity index (χ0v) is 12.9. The van der Waals surface area contributed by atoms with E-state index < -0.39 is 37.8 Å². The number of rotatable bonds is 7. The average molecular weight is 317 g/mol. The third-order valence-electron chi connectivity index (χ3n) is 3.06. The standard InChI is InChI=1S/C9H21NO7P2/c1-4-5-8(2,3)7(11)6-9(10,18(12,13)14)19(15,16)17/h4-6,10H2,1-3H3,(H2,12,13,14)(H2,15,16,17). The van der Waals surface area contributed by atoms with E-state index in [1.165, 1.54) is 0 Å². The van der Waals surface area contributed by atoms with Gasteiger partial charge in [-0.3, -0.25) is 13.9 Å². The molecule has 0 saturated carbocycles. The molecule has 10 heteroatoms. The van der Waals surface area contributed by atoms with E-state index in [0.717, 1.165) is 0 Å². The zero-order valence-electron chi connectivity index (χ0n) is 11.1. The second kappa shape index (κ2) is 5.74. The van der Waals surface area contributed by atoms with Crippen molar-refractivity contribution < 1.29 is 33.5 Å². The number of ketones is 1. The van der Waals surface area contributed by atoms with Gasteiger partial charge in [-0.15, -0.1) is 0 Å². The minimum Gasteiger partial charge on any atom is -0.323 e. The molecule has 0 atom stereocenters. The topological polar surface area (TPSA) is 158 Å². The summed E-state index contributed by atoms with van der Waals surface area (Å²) in [7, 11) is -10.7. The molecule has 0 radical (unpaired) electrons. The molecule has 0 aromatic heterocycles. The predicted octanol–water partition coefficient (Wildman–Crippen LogP) is 0.740. The molecule has 0 aromatic carbocycles. The van der Waals surface area contributed by atoms with E-state index >= 15 is 0 Å². The molecule has 0 saturated heterocycles. The monoisotopic (exact) mass is 317 g/mol. The molecule has 0 spiro atoms.